The van der Waals surface area contributed by atoms with Crippen LogP contribution in [0.5, 0.6) is 0 Å². The number of carbonyl (C=O) groups excluding carboxylic acids is 1. The molecule has 1 amide bonds. The minimum absolute atomic E-state index is 0.281. The summed E-state index contributed by atoms with van der Waals surface area (Å²) in [6.45, 7) is 4.23. The smallest absolute Gasteiger partial charge is 0.256 e. The molecule has 2 aromatic carbocycles. The predicted octanol–water partition coefficient (Wildman–Crippen LogP) is 4.26. The minimum Gasteiger partial charge on any atom is -0.325 e. The molecule has 1 aliphatic heterocycles. The van der Waals surface area contributed by atoms with Crippen LogP contribution in [0.15, 0.2) is 61.1 Å². The van der Waals surface area contributed by atoms with Crippen molar-refractivity contribution in [2.75, 3.05) is 16.8 Å². The molecule has 4 rings (SSSR count). The number of hydrogen-bond acceptors (Lipinski definition) is 4. The Bertz CT molecular complexity index is 1070. The molecule has 0 fully saturated rings. The van der Waals surface area contributed by atoms with E-state index in [9.17, 15) is 4.79 Å². The quantitative estimate of drug-likeness (QED) is 0.558. The SMILES string of the molecule is C=C=CC(=O)Nc1ccc2ncnc(N3CCc4ccc(Cl)cc43)c2c1. The van der Waals surface area contributed by atoms with Crippen LogP contribution in [0.2, 0.25) is 5.02 Å². The topological polar surface area (TPSA) is 58.1 Å². The number of hydrogen-bond donors (Lipinski definition) is 1. The second kappa shape index (κ2) is 6.64. The maximum Gasteiger partial charge on any atom is 0.256 e. The molecule has 1 N–H and O–H groups in total. The van der Waals surface area contributed by atoms with Crippen molar-refractivity contribution in [3.8, 4) is 0 Å². The van der Waals surface area contributed by atoms with Gasteiger partial charge in [0.05, 0.1) is 5.52 Å². The molecule has 2 heterocycles. The van der Waals surface area contributed by atoms with E-state index in [1.165, 1.54) is 11.6 Å². The average Bonchev–Trinajstić information content (AvgIpc) is 3.04. The van der Waals surface area contributed by atoms with Gasteiger partial charge in [0.2, 0.25) is 0 Å². The number of halogens is 1. The van der Waals surface area contributed by atoms with Crippen LogP contribution in [0, 0.1) is 0 Å². The van der Waals surface area contributed by atoms with Crippen LogP contribution in [-0.4, -0.2) is 22.4 Å². The van der Waals surface area contributed by atoms with E-state index in [0.717, 1.165) is 35.4 Å². The van der Waals surface area contributed by atoms with E-state index in [0.29, 0.717) is 10.7 Å². The van der Waals surface area contributed by atoms with Crippen molar-refractivity contribution in [3.63, 3.8) is 0 Å². The Kier molecular flexibility index (Phi) is 4.17. The standard InChI is InChI=1S/C20H15ClN4O/c1-2-3-19(26)24-15-6-7-17-16(11-15)20(23-12-22-17)25-9-8-13-4-5-14(21)10-18(13)25/h3-7,10-12H,1,8-9H2,(H,24,26). The van der Waals surface area contributed by atoms with Gasteiger partial charge < -0.3 is 10.2 Å². The first-order valence-electron chi connectivity index (χ1n) is 8.13. The summed E-state index contributed by atoms with van der Waals surface area (Å²) in [5.74, 6) is 0.516. The van der Waals surface area contributed by atoms with Gasteiger partial charge in [0.15, 0.2) is 0 Å². The Morgan fingerprint density at radius 3 is 3.00 bits per heavy atom. The average molecular weight is 363 g/mol. The van der Waals surface area contributed by atoms with Crippen LogP contribution in [0.25, 0.3) is 10.9 Å². The molecular weight excluding hydrogens is 348 g/mol. The summed E-state index contributed by atoms with van der Waals surface area (Å²) in [5, 5.41) is 4.34. The van der Waals surface area contributed by atoms with E-state index in [2.05, 4.69) is 32.5 Å². The fourth-order valence-electron chi connectivity index (χ4n) is 3.18. The molecule has 26 heavy (non-hydrogen) atoms. The summed E-state index contributed by atoms with van der Waals surface area (Å²) in [5.41, 5.74) is 6.23. The summed E-state index contributed by atoms with van der Waals surface area (Å²) >= 11 is 6.19. The third kappa shape index (κ3) is 2.94. The number of benzene rings is 2. The van der Waals surface area contributed by atoms with Gasteiger partial charge in [0, 0.05) is 34.4 Å². The highest BCUT2D eigenvalue weighted by atomic mass is 35.5. The zero-order valence-corrected chi connectivity index (χ0v) is 14.6. The lowest BCUT2D eigenvalue weighted by atomic mass is 10.1. The molecule has 6 heteroatoms. The highest BCUT2D eigenvalue weighted by molar-refractivity contribution is 6.31. The fourth-order valence-corrected chi connectivity index (χ4v) is 3.35. The van der Waals surface area contributed by atoms with E-state index >= 15 is 0 Å². The second-order valence-electron chi connectivity index (χ2n) is 5.94. The number of rotatable bonds is 3. The van der Waals surface area contributed by atoms with Crippen molar-refractivity contribution in [2.45, 2.75) is 6.42 Å². The number of carbonyl (C=O) groups is 1. The maximum absolute atomic E-state index is 11.8. The molecule has 0 atom stereocenters. The molecule has 3 aromatic rings. The van der Waals surface area contributed by atoms with Crippen LogP contribution in [0.3, 0.4) is 0 Å². The summed E-state index contributed by atoms with van der Waals surface area (Å²) < 4.78 is 0. The number of amides is 1. The van der Waals surface area contributed by atoms with Gasteiger partial charge in [-0.25, -0.2) is 9.97 Å². The Balaban J connectivity index is 1.80. The van der Waals surface area contributed by atoms with Crippen molar-refractivity contribution in [2.24, 2.45) is 0 Å². The van der Waals surface area contributed by atoms with Gasteiger partial charge in [0.25, 0.3) is 5.91 Å². The van der Waals surface area contributed by atoms with Crippen LogP contribution < -0.4 is 10.2 Å². The molecule has 128 valence electrons. The van der Waals surface area contributed by atoms with Crippen molar-refractivity contribution in [3.05, 3.63) is 71.7 Å². The first-order valence-corrected chi connectivity index (χ1v) is 8.51. The first-order chi connectivity index (χ1) is 12.7. The molecule has 0 bridgehead atoms. The summed E-state index contributed by atoms with van der Waals surface area (Å²) in [4.78, 5) is 22.7. The number of nitrogens with zero attached hydrogens (tertiary/aromatic N) is 3. The van der Waals surface area contributed by atoms with E-state index in [-0.39, 0.29) is 5.91 Å². The Labute approximate surface area is 155 Å². The number of nitrogens with one attached hydrogen (secondary N) is 1. The highest BCUT2D eigenvalue weighted by Crippen LogP contribution is 2.38. The Morgan fingerprint density at radius 1 is 1.27 bits per heavy atom. The van der Waals surface area contributed by atoms with E-state index in [1.54, 1.807) is 6.33 Å². The summed E-state index contributed by atoms with van der Waals surface area (Å²) in [6.07, 6.45) is 3.74. The third-order valence-electron chi connectivity index (χ3n) is 4.31. The van der Waals surface area contributed by atoms with Gasteiger partial charge in [-0.15, -0.1) is 5.73 Å². The molecule has 1 aliphatic rings. The van der Waals surface area contributed by atoms with Gasteiger partial charge in [-0.2, -0.15) is 0 Å². The van der Waals surface area contributed by atoms with Crippen molar-refractivity contribution >= 4 is 45.6 Å². The minimum atomic E-state index is -0.281. The number of aromatic nitrogens is 2. The third-order valence-corrected chi connectivity index (χ3v) is 4.55. The van der Waals surface area contributed by atoms with E-state index < -0.39 is 0 Å². The zero-order valence-electron chi connectivity index (χ0n) is 13.9. The number of anilines is 3. The lowest BCUT2D eigenvalue weighted by Crippen LogP contribution is -2.15. The Hall–Kier alpha value is -3.14. The number of fused-ring (bicyclic) bond motifs is 2. The molecular formula is C20H15ClN4O. The van der Waals surface area contributed by atoms with Gasteiger partial charge in [-0.05, 0) is 42.3 Å². The predicted molar refractivity (Wildman–Crippen MR) is 104 cm³/mol. The largest absolute Gasteiger partial charge is 0.325 e. The van der Waals surface area contributed by atoms with Crippen LogP contribution in [0.1, 0.15) is 5.56 Å². The zero-order chi connectivity index (χ0) is 18.1. The molecule has 0 unspecified atom stereocenters. The van der Waals surface area contributed by atoms with Crippen molar-refractivity contribution in [1.82, 2.24) is 9.97 Å². The first kappa shape index (κ1) is 16.3. The van der Waals surface area contributed by atoms with Gasteiger partial charge >= 0.3 is 0 Å². The van der Waals surface area contributed by atoms with Gasteiger partial charge in [-0.1, -0.05) is 24.2 Å². The van der Waals surface area contributed by atoms with Gasteiger partial charge in [0.1, 0.15) is 12.1 Å². The summed E-state index contributed by atoms with van der Waals surface area (Å²) in [6, 6.07) is 11.5. The lowest BCUT2D eigenvalue weighted by Gasteiger charge is -2.20. The fraction of sp³-hybridized carbons (Fsp3) is 0.100. The lowest BCUT2D eigenvalue weighted by molar-refractivity contribution is -0.111. The van der Waals surface area contributed by atoms with Crippen LogP contribution >= 0.6 is 11.6 Å². The van der Waals surface area contributed by atoms with E-state index in [1.807, 2.05) is 36.4 Å². The summed E-state index contributed by atoms with van der Waals surface area (Å²) in [7, 11) is 0. The molecule has 0 saturated heterocycles. The van der Waals surface area contributed by atoms with Crippen LogP contribution in [0.4, 0.5) is 17.2 Å². The molecule has 5 nitrogen and oxygen atoms in total. The normalized spacial score (nSPS) is 12.6. The van der Waals surface area contributed by atoms with Gasteiger partial charge in [-0.3, -0.25) is 4.79 Å². The van der Waals surface area contributed by atoms with Crippen molar-refractivity contribution in [1.29, 1.82) is 0 Å². The van der Waals surface area contributed by atoms with Crippen LogP contribution in [-0.2, 0) is 11.2 Å². The highest BCUT2D eigenvalue weighted by Gasteiger charge is 2.23. The molecule has 0 radical (unpaired) electrons. The maximum atomic E-state index is 11.8. The van der Waals surface area contributed by atoms with Crippen molar-refractivity contribution < 1.29 is 4.79 Å². The second-order valence-corrected chi connectivity index (χ2v) is 6.38. The molecule has 0 spiro atoms. The molecule has 1 aromatic heterocycles. The monoisotopic (exact) mass is 362 g/mol. The molecule has 0 aliphatic carbocycles. The molecule has 0 saturated carbocycles. The Morgan fingerprint density at radius 2 is 2.15 bits per heavy atom. The van der Waals surface area contributed by atoms with E-state index in [4.69, 9.17) is 11.6 Å².